The molecule has 3 nitrogen and oxygen atoms in total. The summed E-state index contributed by atoms with van der Waals surface area (Å²) in [6, 6.07) is 14.9. The summed E-state index contributed by atoms with van der Waals surface area (Å²) in [5.41, 5.74) is 1.87. The molecule has 0 radical (unpaired) electrons. The standard InChI is InChI=1S/C16H16O3/c17-10-4-7-13-8-9-16(15(18)11-13)19-12-14-5-2-1-3-6-14/h1-9,11,17-18H,10,12H2. The van der Waals surface area contributed by atoms with Crippen LogP contribution in [0.3, 0.4) is 0 Å². The largest absolute Gasteiger partial charge is 0.504 e. The second-order valence-corrected chi connectivity index (χ2v) is 4.09. The minimum absolute atomic E-state index is 0.0208. The second kappa shape index (κ2) is 6.61. The molecule has 0 saturated heterocycles. The molecule has 0 fully saturated rings. The van der Waals surface area contributed by atoms with E-state index in [9.17, 15) is 5.11 Å². The van der Waals surface area contributed by atoms with Crippen LogP contribution >= 0.6 is 0 Å². The van der Waals surface area contributed by atoms with Crippen LogP contribution in [-0.4, -0.2) is 16.8 Å². The molecule has 0 aliphatic carbocycles. The summed E-state index contributed by atoms with van der Waals surface area (Å²) in [5, 5.41) is 18.5. The van der Waals surface area contributed by atoms with Gasteiger partial charge in [-0.25, -0.2) is 0 Å². The van der Waals surface area contributed by atoms with Crippen LogP contribution in [-0.2, 0) is 6.61 Å². The quantitative estimate of drug-likeness (QED) is 0.864. The van der Waals surface area contributed by atoms with Crippen molar-refractivity contribution < 1.29 is 14.9 Å². The minimum Gasteiger partial charge on any atom is -0.504 e. The molecule has 0 spiro atoms. The Labute approximate surface area is 112 Å². The van der Waals surface area contributed by atoms with Gasteiger partial charge in [0.25, 0.3) is 0 Å². The fourth-order valence-electron chi connectivity index (χ4n) is 1.68. The van der Waals surface area contributed by atoms with Gasteiger partial charge >= 0.3 is 0 Å². The molecule has 0 amide bonds. The van der Waals surface area contributed by atoms with Crippen LogP contribution in [0.2, 0.25) is 0 Å². The molecular formula is C16H16O3. The van der Waals surface area contributed by atoms with E-state index in [1.165, 1.54) is 0 Å². The molecule has 0 bridgehead atoms. The Morgan fingerprint density at radius 1 is 1.05 bits per heavy atom. The lowest BCUT2D eigenvalue weighted by Crippen LogP contribution is -1.95. The molecule has 0 aliphatic rings. The van der Waals surface area contributed by atoms with Crippen molar-refractivity contribution in [2.45, 2.75) is 6.61 Å². The number of hydrogen-bond donors (Lipinski definition) is 2. The van der Waals surface area contributed by atoms with Gasteiger partial charge in [-0.05, 0) is 23.3 Å². The maximum Gasteiger partial charge on any atom is 0.161 e. The summed E-state index contributed by atoms with van der Waals surface area (Å²) >= 11 is 0. The Morgan fingerprint density at radius 3 is 2.53 bits per heavy atom. The summed E-state index contributed by atoms with van der Waals surface area (Å²) in [6.07, 6.45) is 3.35. The van der Waals surface area contributed by atoms with E-state index >= 15 is 0 Å². The first-order chi connectivity index (χ1) is 9.29. The number of rotatable bonds is 5. The normalized spacial score (nSPS) is 10.8. The highest BCUT2D eigenvalue weighted by molar-refractivity contribution is 5.55. The van der Waals surface area contributed by atoms with Gasteiger partial charge in [0.15, 0.2) is 11.5 Å². The van der Waals surface area contributed by atoms with E-state index in [1.54, 1.807) is 24.3 Å². The van der Waals surface area contributed by atoms with Crippen LogP contribution in [0.25, 0.3) is 6.08 Å². The van der Waals surface area contributed by atoms with Crippen LogP contribution in [0.5, 0.6) is 11.5 Å². The molecule has 2 N–H and O–H groups in total. The third-order valence-electron chi connectivity index (χ3n) is 2.64. The first-order valence-corrected chi connectivity index (χ1v) is 6.07. The summed E-state index contributed by atoms with van der Waals surface area (Å²) < 4.78 is 5.56. The van der Waals surface area contributed by atoms with Crippen LogP contribution in [0.4, 0.5) is 0 Å². The van der Waals surface area contributed by atoms with E-state index in [0.29, 0.717) is 12.4 Å². The van der Waals surface area contributed by atoms with E-state index in [0.717, 1.165) is 11.1 Å². The molecule has 0 aliphatic heterocycles. The predicted molar refractivity (Wildman–Crippen MR) is 75.0 cm³/mol. The number of aliphatic hydroxyl groups excluding tert-OH is 1. The Hall–Kier alpha value is -2.26. The molecule has 98 valence electrons. The van der Waals surface area contributed by atoms with Crippen molar-refractivity contribution in [3.8, 4) is 11.5 Å². The average molecular weight is 256 g/mol. The highest BCUT2D eigenvalue weighted by Gasteiger charge is 2.03. The highest BCUT2D eigenvalue weighted by Crippen LogP contribution is 2.28. The first-order valence-electron chi connectivity index (χ1n) is 6.07. The Morgan fingerprint density at radius 2 is 1.84 bits per heavy atom. The molecule has 0 saturated carbocycles. The third-order valence-corrected chi connectivity index (χ3v) is 2.64. The molecular weight excluding hydrogens is 240 g/mol. The third kappa shape index (κ3) is 3.86. The van der Waals surface area contributed by atoms with Crippen molar-refractivity contribution in [1.29, 1.82) is 0 Å². The van der Waals surface area contributed by atoms with E-state index < -0.39 is 0 Å². The number of phenolic OH excluding ortho intramolecular Hbond substituents is 1. The maximum atomic E-state index is 9.85. The van der Waals surface area contributed by atoms with Crippen LogP contribution < -0.4 is 4.74 Å². The van der Waals surface area contributed by atoms with Gasteiger partial charge in [0, 0.05) is 0 Å². The van der Waals surface area contributed by atoms with Gasteiger partial charge in [-0.1, -0.05) is 48.6 Å². The van der Waals surface area contributed by atoms with Gasteiger partial charge in [0.1, 0.15) is 6.61 Å². The SMILES string of the molecule is OCC=Cc1ccc(OCc2ccccc2)c(O)c1. The van der Waals surface area contributed by atoms with Crippen molar-refractivity contribution in [1.82, 2.24) is 0 Å². The summed E-state index contributed by atoms with van der Waals surface area (Å²) in [5.74, 6) is 0.543. The van der Waals surface area contributed by atoms with Crippen LogP contribution in [0, 0.1) is 0 Å². The number of aliphatic hydroxyl groups is 1. The lowest BCUT2D eigenvalue weighted by atomic mass is 10.2. The van der Waals surface area contributed by atoms with E-state index in [1.807, 2.05) is 36.4 Å². The fourth-order valence-corrected chi connectivity index (χ4v) is 1.68. The highest BCUT2D eigenvalue weighted by atomic mass is 16.5. The molecule has 0 atom stereocenters. The van der Waals surface area contributed by atoms with Crippen LogP contribution in [0.15, 0.2) is 54.6 Å². The lowest BCUT2D eigenvalue weighted by molar-refractivity contribution is 0.289. The zero-order valence-corrected chi connectivity index (χ0v) is 10.5. The molecule has 0 unspecified atom stereocenters. The Bertz CT molecular complexity index is 547. The monoisotopic (exact) mass is 256 g/mol. The van der Waals surface area contributed by atoms with Crippen molar-refractivity contribution in [3.63, 3.8) is 0 Å². The van der Waals surface area contributed by atoms with Gasteiger partial charge in [0.05, 0.1) is 6.61 Å². The molecule has 0 heterocycles. The molecule has 3 heteroatoms. The van der Waals surface area contributed by atoms with Crippen molar-refractivity contribution in [2.24, 2.45) is 0 Å². The summed E-state index contributed by atoms with van der Waals surface area (Å²) in [7, 11) is 0. The van der Waals surface area contributed by atoms with Gasteiger partial charge in [-0.2, -0.15) is 0 Å². The number of aromatic hydroxyl groups is 1. The minimum atomic E-state index is -0.0208. The van der Waals surface area contributed by atoms with E-state index in [-0.39, 0.29) is 12.4 Å². The molecule has 2 aromatic rings. The zero-order valence-electron chi connectivity index (χ0n) is 10.5. The van der Waals surface area contributed by atoms with Crippen molar-refractivity contribution in [2.75, 3.05) is 6.61 Å². The maximum absolute atomic E-state index is 9.85. The number of benzene rings is 2. The topological polar surface area (TPSA) is 49.7 Å². The second-order valence-electron chi connectivity index (χ2n) is 4.09. The first kappa shape index (κ1) is 13.2. The average Bonchev–Trinajstić information content (AvgIpc) is 2.45. The number of phenols is 1. The predicted octanol–water partition coefficient (Wildman–Crippen LogP) is 2.98. The Kier molecular flexibility index (Phi) is 4.59. The van der Waals surface area contributed by atoms with Crippen LogP contribution in [0.1, 0.15) is 11.1 Å². The fraction of sp³-hybridized carbons (Fsp3) is 0.125. The van der Waals surface area contributed by atoms with E-state index in [4.69, 9.17) is 9.84 Å². The van der Waals surface area contributed by atoms with Gasteiger partial charge in [0.2, 0.25) is 0 Å². The smallest absolute Gasteiger partial charge is 0.161 e. The Balaban J connectivity index is 2.03. The number of hydrogen-bond acceptors (Lipinski definition) is 3. The van der Waals surface area contributed by atoms with Gasteiger partial charge < -0.3 is 14.9 Å². The van der Waals surface area contributed by atoms with Crippen molar-refractivity contribution in [3.05, 3.63) is 65.7 Å². The number of ether oxygens (including phenoxy) is 1. The lowest BCUT2D eigenvalue weighted by Gasteiger charge is -2.08. The molecule has 2 aromatic carbocycles. The molecule has 0 aromatic heterocycles. The molecule has 19 heavy (non-hydrogen) atoms. The van der Waals surface area contributed by atoms with Gasteiger partial charge in [-0.15, -0.1) is 0 Å². The summed E-state index contributed by atoms with van der Waals surface area (Å²) in [6.45, 7) is 0.396. The zero-order chi connectivity index (χ0) is 13.5. The van der Waals surface area contributed by atoms with Crippen molar-refractivity contribution >= 4 is 6.08 Å². The summed E-state index contributed by atoms with van der Waals surface area (Å²) in [4.78, 5) is 0. The van der Waals surface area contributed by atoms with Gasteiger partial charge in [-0.3, -0.25) is 0 Å². The van der Waals surface area contributed by atoms with E-state index in [2.05, 4.69) is 0 Å². The molecule has 2 rings (SSSR count).